The van der Waals surface area contributed by atoms with E-state index in [1.165, 1.54) is 30.3 Å². The lowest BCUT2D eigenvalue weighted by Crippen LogP contribution is -2.43. The number of nitro groups is 1. The number of nitro benzene ring substituents is 1. The average molecular weight is 446 g/mol. The van der Waals surface area contributed by atoms with Crippen LogP contribution in [0.3, 0.4) is 0 Å². The van der Waals surface area contributed by atoms with Gasteiger partial charge >= 0.3 is 5.97 Å². The molecule has 1 aliphatic heterocycles. The molecule has 1 fully saturated rings. The van der Waals surface area contributed by atoms with Crippen molar-refractivity contribution in [2.45, 2.75) is 6.42 Å². The van der Waals surface area contributed by atoms with Gasteiger partial charge in [0.2, 0.25) is 11.7 Å². The van der Waals surface area contributed by atoms with Crippen molar-refractivity contribution in [2.75, 3.05) is 13.2 Å². The van der Waals surface area contributed by atoms with Gasteiger partial charge in [0.05, 0.1) is 28.0 Å². The standard InChI is InChI=1S/C20H16ClN3O7/c21-16-7-2-1-6-15(16)19(27)22-23-10-13(9-18(23)26)20(28)31-11-17(25)12-4-3-5-14(8-12)24(29)30/h1-8,13H,9-11H2,(H,22,27)/t13-/m0/s1. The molecular weight excluding hydrogens is 430 g/mol. The first-order chi connectivity index (χ1) is 14.8. The van der Waals surface area contributed by atoms with Crippen LogP contribution >= 0.6 is 11.6 Å². The minimum Gasteiger partial charge on any atom is -0.457 e. The van der Waals surface area contributed by atoms with Crippen molar-refractivity contribution in [3.05, 3.63) is 74.8 Å². The Morgan fingerprint density at radius 2 is 1.94 bits per heavy atom. The normalized spacial score (nSPS) is 15.5. The predicted octanol–water partition coefficient (Wildman–Crippen LogP) is 2.17. The molecule has 160 valence electrons. The summed E-state index contributed by atoms with van der Waals surface area (Å²) in [5.41, 5.74) is 2.34. The predicted molar refractivity (Wildman–Crippen MR) is 107 cm³/mol. The highest BCUT2D eigenvalue weighted by atomic mass is 35.5. The Morgan fingerprint density at radius 3 is 2.65 bits per heavy atom. The van der Waals surface area contributed by atoms with E-state index in [0.717, 1.165) is 11.1 Å². The summed E-state index contributed by atoms with van der Waals surface area (Å²) >= 11 is 5.96. The van der Waals surface area contributed by atoms with Crippen molar-refractivity contribution in [3.63, 3.8) is 0 Å². The topological polar surface area (TPSA) is 136 Å². The summed E-state index contributed by atoms with van der Waals surface area (Å²) in [5, 5.41) is 12.0. The van der Waals surface area contributed by atoms with Gasteiger partial charge in [-0.2, -0.15) is 0 Å². The summed E-state index contributed by atoms with van der Waals surface area (Å²) in [5.74, 6) is -3.38. The van der Waals surface area contributed by atoms with E-state index >= 15 is 0 Å². The second-order valence-corrected chi connectivity index (χ2v) is 7.07. The van der Waals surface area contributed by atoms with Gasteiger partial charge in [-0.3, -0.25) is 39.7 Å². The molecule has 0 aromatic heterocycles. The van der Waals surface area contributed by atoms with Gasteiger partial charge in [-0.05, 0) is 12.1 Å². The van der Waals surface area contributed by atoms with E-state index in [2.05, 4.69) is 5.43 Å². The van der Waals surface area contributed by atoms with Gasteiger partial charge in [0, 0.05) is 24.1 Å². The quantitative estimate of drug-likeness (QED) is 0.298. The summed E-state index contributed by atoms with van der Waals surface area (Å²) < 4.78 is 4.98. The number of nitrogens with one attached hydrogen (secondary N) is 1. The molecule has 0 aliphatic carbocycles. The maximum Gasteiger partial charge on any atom is 0.311 e. The first-order valence-electron chi connectivity index (χ1n) is 9.06. The molecule has 1 saturated heterocycles. The van der Waals surface area contributed by atoms with Gasteiger partial charge < -0.3 is 4.74 Å². The molecule has 0 spiro atoms. The molecule has 2 amide bonds. The highest BCUT2D eigenvalue weighted by Gasteiger charge is 2.37. The molecule has 1 atom stereocenters. The molecule has 0 unspecified atom stereocenters. The van der Waals surface area contributed by atoms with Crippen molar-refractivity contribution in [1.29, 1.82) is 0 Å². The number of ketones is 1. The van der Waals surface area contributed by atoms with Gasteiger partial charge in [0.25, 0.3) is 11.6 Å². The van der Waals surface area contributed by atoms with E-state index < -0.39 is 41.0 Å². The number of halogens is 1. The molecule has 31 heavy (non-hydrogen) atoms. The van der Waals surface area contributed by atoms with Crippen molar-refractivity contribution >= 4 is 40.9 Å². The zero-order valence-electron chi connectivity index (χ0n) is 15.9. The van der Waals surface area contributed by atoms with Crippen molar-refractivity contribution in [2.24, 2.45) is 5.92 Å². The number of carbonyl (C=O) groups excluding carboxylic acids is 4. The van der Waals surface area contributed by atoms with E-state index in [0.29, 0.717) is 0 Å². The van der Waals surface area contributed by atoms with Crippen LogP contribution in [0.5, 0.6) is 0 Å². The number of non-ortho nitro benzene ring substituents is 1. The lowest BCUT2D eigenvalue weighted by atomic mass is 10.1. The smallest absolute Gasteiger partial charge is 0.311 e. The second kappa shape index (κ2) is 9.35. The first kappa shape index (κ1) is 21.9. The average Bonchev–Trinajstić information content (AvgIpc) is 3.12. The number of hydrazine groups is 1. The third-order valence-electron chi connectivity index (χ3n) is 4.54. The minimum absolute atomic E-state index is 0.0260. The second-order valence-electron chi connectivity index (χ2n) is 6.66. The third kappa shape index (κ3) is 5.23. The molecule has 11 heteroatoms. The number of amides is 2. The van der Waals surface area contributed by atoms with Gasteiger partial charge in [0.15, 0.2) is 6.61 Å². The molecule has 1 heterocycles. The van der Waals surface area contributed by atoms with Crippen LogP contribution in [-0.4, -0.2) is 46.7 Å². The van der Waals surface area contributed by atoms with Crippen molar-refractivity contribution in [1.82, 2.24) is 10.4 Å². The van der Waals surface area contributed by atoms with E-state index in [9.17, 15) is 29.3 Å². The summed E-state index contributed by atoms with van der Waals surface area (Å²) in [6.07, 6.45) is -0.202. The SMILES string of the molecule is O=C(COC(=O)[C@H]1CC(=O)N(NC(=O)c2ccccc2Cl)C1)c1cccc([N+](=O)[O-])c1. The van der Waals surface area contributed by atoms with Crippen molar-refractivity contribution < 1.29 is 28.8 Å². The Morgan fingerprint density at radius 1 is 1.19 bits per heavy atom. The lowest BCUT2D eigenvalue weighted by molar-refractivity contribution is -0.384. The monoisotopic (exact) mass is 445 g/mol. The molecular formula is C20H16ClN3O7. The number of ether oxygens (including phenoxy) is 1. The van der Waals surface area contributed by atoms with Crippen LogP contribution in [0.4, 0.5) is 5.69 Å². The van der Waals surface area contributed by atoms with E-state index in [1.54, 1.807) is 12.1 Å². The Kier molecular flexibility index (Phi) is 6.61. The van der Waals surface area contributed by atoms with Crippen LogP contribution in [0, 0.1) is 16.0 Å². The Labute approximate surface area is 180 Å². The zero-order chi connectivity index (χ0) is 22.5. The Balaban J connectivity index is 1.55. The molecule has 3 rings (SSSR count). The highest BCUT2D eigenvalue weighted by Crippen LogP contribution is 2.20. The van der Waals surface area contributed by atoms with Gasteiger partial charge in [0.1, 0.15) is 0 Å². The fourth-order valence-corrected chi connectivity index (χ4v) is 3.15. The number of hydrogen-bond acceptors (Lipinski definition) is 7. The number of carbonyl (C=O) groups is 4. The molecule has 2 aromatic rings. The number of Topliss-reactive ketones (excluding diaryl/α,β-unsaturated/α-hetero) is 1. The molecule has 10 nitrogen and oxygen atoms in total. The van der Waals surface area contributed by atoms with Crippen LogP contribution in [0.1, 0.15) is 27.1 Å². The summed E-state index contributed by atoms with van der Waals surface area (Å²) in [6.45, 7) is -0.754. The largest absolute Gasteiger partial charge is 0.457 e. The molecule has 2 aromatic carbocycles. The Hall–Kier alpha value is -3.79. The van der Waals surface area contributed by atoms with Gasteiger partial charge in [-0.15, -0.1) is 0 Å². The highest BCUT2D eigenvalue weighted by molar-refractivity contribution is 6.33. The summed E-state index contributed by atoms with van der Waals surface area (Å²) in [6, 6.07) is 11.3. The van der Waals surface area contributed by atoms with E-state index in [4.69, 9.17) is 16.3 Å². The third-order valence-corrected chi connectivity index (χ3v) is 4.87. The zero-order valence-corrected chi connectivity index (χ0v) is 16.7. The Bertz CT molecular complexity index is 1070. The first-order valence-corrected chi connectivity index (χ1v) is 9.44. The maximum atomic E-state index is 12.3. The van der Waals surface area contributed by atoms with Crippen LogP contribution in [0.25, 0.3) is 0 Å². The molecule has 0 bridgehead atoms. The van der Waals surface area contributed by atoms with Crippen LogP contribution in [-0.2, 0) is 14.3 Å². The van der Waals surface area contributed by atoms with Gasteiger partial charge in [-0.1, -0.05) is 35.9 Å². The molecule has 1 aliphatic rings. The van der Waals surface area contributed by atoms with E-state index in [-0.39, 0.29) is 34.8 Å². The van der Waals surface area contributed by atoms with Crippen LogP contribution in [0.2, 0.25) is 5.02 Å². The fourth-order valence-electron chi connectivity index (χ4n) is 2.93. The molecule has 0 saturated carbocycles. The fraction of sp³-hybridized carbons (Fsp3) is 0.200. The van der Waals surface area contributed by atoms with Crippen molar-refractivity contribution in [3.8, 4) is 0 Å². The summed E-state index contributed by atoms with van der Waals surface area (Å²) in [7, 11) is 0. The lowest BCUT2D eigenvalue weighted by Gasteiger charge is -2.18. The van der Waals surface area contributed by atoms with E-state index in [1.807, 2.05) is 0 Å². The molecule has 1 N–H and O–H groups in total. The van der Waals surface area contributed by atoms with Gasteiger partial charge in [-0.25, -0.2) is 0 Å². The number of nitrogens with zero attached hydrogens (tertiary/aromatic N) is 2. The number of hydrogen-bond donors (Lipinski definition) is 1. The number of esters is 1. The summed E-state index contributed by atoms with van der Waals surface area (Å²) in [4.78, 5) is 59.0. The molecule has 0 radical (unpaired) electrons. The maximum absolute atomic E-state index is 12.3. The van der Waals surface area contributed by atoms with Crippen LogP contribution in [0.15, 0.2) is 48.5 Å². The van der Waals surface area contributed by atoms with Crippen LogP contribution < -0.4 is 5.43 Å². The minimum atomic E-state index is -0.878. The number of benzene rings is 2. The number of rotatable bonds is 7.